The maximum atomic E-state index is 12.7. The van der Waals surface area contributed by atoms with E-state index in [2.05, 4.69) is 10.3 Å². The van der Waals surface area contributed by atoms with Crippen molar-refractivity contribution in [1.82, 2.24) is 4.98 Å². The van der Waals surface area contributed by atoms with E-state index in [9.17, 15) is 4.79 Å². The van der Waals surface area contributed by atoms with Crippen molar-refractivity contribution in [2.24, 2.45) is 0 Å². The molecule has 1 aliphatic rings. The highest BCUT2D eigenvalue weighted by molar-refractivity contribution is 6.05. The Labute approximate surface area is 163 Å². The maximum Gasteiger partial charge on any atom is 0.261 e. The van der Waals surface area contributed by atoms with Gasteiger partial charge in [-0.3, -0.25) is 4.79 Å². The molecule has 6 nitrogen and oxygen atoms in total. The van der Waals surface area contributed by atoms with Crippen LogP contribution in [0.15, 0.2) is 72.9 Å². The third-order valence-electron chi connectivity index (χ3n) is 4.27. The highest BCUT2D eigenvalue weighted by Gasteiger charge is 2.21. The van der Waals surface area contributed by atoms with E-state index in [4.69, 9.17) is 14.2 Å². The summed E-state index contributed by atoms with van der Waals surface area (Å²) in [5.74, 6) is 1.49. The van der Waals surface area contributed by atoms with E-state index in [-0.39, 0.29) is 12.0 Å². The average molecular weight is 376 g/mol. The Hall–Kier alpha value is -3.38. The van der Waals surface area contributed by atoms with Crippen molar-refractivity contribution in [2.45, 2.75) is 12.5 Å². The minimum absolute atomic E-state index is 0.0733. The Bertz CT molecular complexity index is 923. The molecule has 142 valence electrons. The second kappa shape index (κ2) is 8.54. The van der Waals surface area contributed by atoms with Crippen molar-refractivity contribution in [2.75, 3.05) is 18.5 Å². The summed E-state index contributed by atoms with van der Waals surface area (Å²) in [6, 6.07) is 20.1. The molecule has 0 aliphatic carbocycles. The number of benzene rings is 2. The molecule has 0 spiro atoms. The van der Waals surface area contributed by atoms with Crippen molar-refractivity contribution >= 4 is 11.6 Å². The van der Waals surface area contributed by atoms with E-state index in [1.165, 1.54) is 0 Å². The number of carbonyl (C=O) groups is 1. The smallest absolute Gasteiger partial charge is 0.261 e. The van der Waals surface area contributed by atoms with Crippen LogP contribution in [0.25, 0.3) is 0 Å². The number of carbonyl (C=O) groups excluding carboxylic acids is 1. The molecule has 1 amide bonds. The van der Waals surface area contributed by atoms with Gasteiger partial charge in [-0.15, -0.1) is 0 Å². The molecule has 0 unspecified atom stereocenters. The van der Waals surface area contributed by atoms with E-state index in [1.807, 2.05) is 30.3 Å². The average Bonchev–Trinajstić information content (AvgIpc) is 3.24. The monoisotopic (exact) mass is 376 g/mol. The van der Waals surface area contributed by atoms with E-state index in [0.29, 0.717) is 36.1 Å². The van der Waals surface area contributed by atoms with Crippen LogP contribution >= 0.6 is 0 Å². The van der Waals surface area contributed by atoms with Gasteiger partial charge in [0.25, 0.3) is 5.91 Å². The largest absolute Gasteiger partial charge is 0.471 e. The van der Waals surface area contributed by atoms with Gasteiger partial charge in [0.1, 0.15) is 23.2 Å². The van der Waals surface area contributed by atoms with Crippen LogP contribution < -0.4 is 14.8 Å². The third kappa shape index (κ3) is 4.47. The number of amides is 1. The van der Waals surface area contributed by atoms with Crippen molar-refractivity contribution in [3.63, 3.8) is 0 Å². The summed E-state index contributed by atoms with van der Waals surface area (Å²) in [5, 5.41) is 2.87. The highest BCUT2D eigenvalue weighted by atomic mass is 16.5. The molecule has 1 fully saturated rings. The minimum Gasteiger partial charge on any atom is -0.471 e. The standard InChI is InChI=1S/C22H20N2O4/c25-21(20-7-4-13-23-22(20)28-19-12-14-26-15-19)24-16-8-10-18(11-9-16)27-17-5-2-1-3-6-17/h1-11,13,19H,12,14-15H2,(H,24,25)/t19-/m1/s1. The molecular formula is C22H20N2O4. The number of hydrogen-bond acceptors (Lipinski definition) is 5. The van der Waals surface area contributed by atoms with Crippen LogP contribution in [-0.2, 0) is 4.74 Å². The van der Waals surface area contributed by atoms with Crippen LogP contribution in [0.2, 0.25) is 0 Å². The highest BCUT2D eigenvalue weighted by Crippen LogP contribution is 2.24. The number of nitrogens with one attached hydrogen (secondary N) is 1. The van der Waals surface area contributed by atoms with Crippen LogP contribution in [-0.4, -0.2) is 30.2 Å². The lowest BCUT2D eigenvalue weighted by Gasteiger charge is -2.14. The lowest BCUT2D eigenvalue weighted by Crippen LogP contribution is -2.20. The summed E-state index contributed by atoms with van der Waals surface area (Å²) in [6.07, 6.45) is 2.33. The topological polar surface area (TPSA) is 69.7 Å². The van der Waals surface area contributed by atoms with Crippen molar-refractivity contribution < 1.29 is 19.0 Å². The molecular weight excluding hydrogens is 356 g/mol. The summed E-state index contributed by atoms with van der Waals surface area (Å²) < 4.78 is 16.9. The number of para-hydroxylation sites is 1. The first-order valence-electron chi connectivity index (χ1n) is 9.12. The van der Waals surface area contributed by atoms with Gasteiger partial charge in [0.15, 0.2) is 0 Å². The summed E-state index contributed by atoms with van der Waals surface area (Å²) in [6.45, 7) is 1.18. The van der Waals surface area contributed by atoms with Gasteiger partial charge in [0.2, 0.25) is 5.88 Å². The molecule has 1 aliphatic heterocycles. The lowest BCUT2D eigenvalue weighted by molar-refractivity contribution is 0.101. The number of anilines is 1. The minimum atomic E-state index is -0.279. The van der Waals surface area contributed by atoms with E-state index < -0.39 is 0 Å². The Kier molecular flexibility index (Phi) is 5.49. The number of nitrogens with zero attached hydrogens (tertiary/aromatic N) is 1. The van der Waals surface area contributed by atoms with Gasteiger partial charge >= 0.3 is 0 Å². The van der Waals surface area contributed by atoms with Gasteiger partial charge in [-0.25, -0.2) is 4.98 Å². The summed E-state index contributed by atoms with van der Waals surface area (Å²) in [4.78, 5) is 16.9. The Morgan fingerprint density at radius 1 is 1.00 bits per heavy atom. The fourth-order valence-corrected chi connectivity index (χ4v) is 2.85. The predicted octanol–water partition coefficient (Wildman–Crippen LogP) is 4.29. The lowest BCUT2D eigenvalue weighted by atomic mass is 10.2. The molecule has 2 aromatic carbocycles. The zero-order valence-electron chi connectivity index (χ0n) is 15.2. The van der Waals surface area contributed by atoms with Crippen LogP contribution in [0.3, 0.4) is 0 Å². The first kappa shape index (κ1) is 18.0. The number of pyridine rings is 1. The molecule has 0 bridgehead atoms. The number of aromatic nitrogens is 1. The van der Waals surface area contributed by atoms with Crippen LogP contribution in [0.4, 0.5) is 5.69 Å². The molecule has 1 saturated heterocycles. The molecule has 6 heteroatoms. The molecule has 4 rings (SSSR count). The van der Waals surface area contributed by atoms with Gasteiger partial charge in [-0.2, -0.15) is 0 Å². The fraction of sp³-hybridized carbons (Fsp3) is 0.182. The number of hydrogen-bond donors (Lipinski definition) is 1. The maximum absolute atomic E-state index is 12.7. The number of ether oxygens (including phenoxy) is 3. The molecule has 3 aromatic rings. The van der Waals surface area contributed by atoms with Crippen LogP contribution in [0.1, 0.15) is 16.8 Å². The third-order valence-corrected chi connectivity index (χ3v) is 4.27. The zero-order valence-corrected chi connectivity index (χ0v) is 15.2. The number of rotatable bonds is 6. The SMILES string of the molecule is O=C(Nc1ccc(Oc2ccccc2)cc1)c1cccnc1O[C@@H]1CCOC1. The predicted molar refractivity (Wildman–Crippen MR) is 105 cm³/mol. The first-order valence-corrected chi connectivity index (χ1v) is 9.12. The van der Waals surface area contributed by atoms with Gasteiger partial charge in [0.05, 0.1) is 13.2 Å². The summed E-state index contributed by atoms with van der Waals surface area (Å²) in [7, 11) is 0. The van der Waals surface area contributed by atoms with Crippen molar-refractivity contribution in [1.29, 1.82) is 0 Å². The second-order valence-electron chi connectivity index (χ2n) is 6.35. The van der Waals surface area contributed by atoms with Crippen LogP contribution in [0, 0.1) is 0 Å². The molecule has 0 radical (unpaired) electrons. The van der Waals surface area contributed by atoms with Gasteiger partial charge in [0, 0.05) is 18.3 Å². The van der Waals surface area contributed by atoms with E-state index in [1.54, 1.807) is 42.6 Å². The molecule has 28 heavy (non-hydrogen) atoms. The normalized spacial score (nSPS) is 15.8. The first-order chi connectivity index (χ1) is 13.8. The van der Waals surface area contributed by atoms with Gasteiger partial charge < -0.3 is 19.5 Å². The Morgan fingerprint density at radius 3 is 2.54 bits per heavy atom. The second-order valence-corrected chi connectivity index (χ2v) is 6.35. The molecule has 1 aromatic heterocycles. The zero-order chi connectivity index (χ0) is 19.2. The quantitative estimate of drug-likeness (QED) is 0.695. The summed E-state index contributed by atoms with van der Waals surface area (Å²) in [5.41, 5.74) is 1.04. The van der Waals surface area contributed by atoms with Gasteiger partial charge in [-0.1, -0.05) is 18.2 Å². The summed E-state index contributed by atoms with van der Waals surface area (Å²) >= 11 is 0. The molecule has 1 atom stereocenters. The molecule has 1 N–H and O–H groups in total. The molecule has 2 heterocycles. The Balaban J connectivity index is 1.42. The van der Waals surface area contributed by atoms with Crippen LogP contribution in [0.5, 0.6) is 17.4 Å². The van der Waals surface area contributed by atoms with E-state index >= 15 is 0 Å². The molecule has 0 saturated carbocycles. The van der Waals surface area contributed by atoms with Crippen molar-refractivity contribution in [3.8, 4) is 17.4 Å². The van der Waals surface area contributed by atoms with E-state index in [0.717, 1.165) is 12.2 Å². The fourth-order valence-electron chi connectivity index (χ4n) is 2.85. The Morgan fingerprint density at radius 2 is 1.79 bits per heavy atom. The van der Waals surface area contributed by atoms with Crippen molar-refractivity contribution in [3.05, 3.63) is 78.5 Å². The van der Waals surface area contributed by atoms with Gasteiger partial charge in [-0.05, 0) is 48.5 Å².